The molecule has 4 amide bonds. The van der Waals surface area contributed by atoms with Crippen LogP contribution in [0.3, 0.4) is 0 Å². The summed E-state index contributed by atoms with van der Waals surface area (Å²) in [5.74, 6) is -2.74. The Kier molecular flexibility index (Phi) is 5.56. The number of rotatable bonds is 4. The molecular weight excluding hydrogens is 459 g/mol. The predicted molar refractivity (Wildman–Crippen MR) is 114 cm³/mol. The maximum Gasteiger partial charge on any atom is 0.336 e. The average Bonchev–Trinajstić information content (AvgIpc) is 3.23. The Hall–Kier alpha value is -3.88. The van der Waals surface area contributed by atoms with Gasteiger partial charge in [-0.05, 0) is 42.0 Å². The number of nitrogens with zero attached hydrogens (tertiary/aromatic N) is 1. The van der Waals surface area contributed by atoms with E-state index in [-0.39, 0.29) is 32.6 Å². The van der Waals surface area contributed by atoms with Gasteiger partial charge in [-0.15, -0.1) is 0 Å². The van der Waals surface area contributed by atoms with Gasteiger partial charge in [0.05, 0.1) is 21.7 Å². The van der Waals surface area contributed by atoms with Gasteiger partial charge in [0, 0.05) is 5.56 Å². The summed E-state index contributed by atoms with van der Waals surface area (Å²) in [7, 11) is 0. The largest absolute Gasteiger partial charge is 0.545 e. The number of carboxylic acids is 1. The van der Waals surface area contributed by atoms with Crippen LogP contribution in [0.1, 0.15) is 16.1 Å². The number of amides is 4. The van der Waals surface area contributed by atoms with Crippen molar-refractivity contribution in [2.45, 2.75) is 0 Å². The van der Waals surface area contributed by atoms with Crippen LogP contribution >= 0.6 is 23.2 Å². The molecule has 3 aromatic rings. The normalized spacial score (nSPS) is 15.2. The number of carboxylic acid groups (broad SMARTS) is 1. The van der Waals surface area contributed by atoms with Gasteiger partial charge in [-0.3, -0.25) is 14.9 Å². The minimum Gasteiger partial charge on any atom is -0.545 e. The SMILES string of the molecule is O=C1NC(=O)N(c2cccc(Cl)c2Cl)C(=O)/C1=C/c1ccc(-c2cccc(C(=O)[O-])c2)o1. The van der Waals surface area contributed by atoms with Crippen molar-refractivity contribution in [3.8, 4) is 11.3 Å². The number of carbonyl (C=O) groups excluding carboxylic acids is 4. The molecule has 32 heavy (non-hydrogen) atoms. The minimum atomic E-state index is -1.34. The molecule has 1 saturated heterocycles. The summed E-state index contributed by atoms with van der Waals surface area (Å²) in [5.41, 5.74) is 0.0656. The third-order valence-corrected chi connectivity index (χ3v) is 5.38. The fourth-order valence-corrected chi connectivity index (χ4v) is 3.45. The zero-order valence-electron chi connectivity index (χ0n) is 15.9. The van der Waals surface area contributed by atoms with Gasteiger partial charge in [0.2, 0.25) is 0 Å². The molecule has 160 valence electrons. The van der Waals surface area contributed by atoms with Crippen LogP contribution in [0.5, 0.6) is 0 Å². The molecule has 2 heterocycles. The predicted octanol–water partition coefficient (Wildman–Crippen LogP) is 3.28. The Morgan fingerprint density at radius 1 is 1.03 bits per heavy atom. The van der Waals surface area contributed by atoms with E-state index in [0.717, 1.165) is 0 Å². The summed E-state index contributed by atoms with van der Waals surface area (Å²) in [4.78, 5) is 49.4. The van der Waals surface area contributed by atoms with Crippen molar-refractivity contribution in [1.29, 1.82) is 0 Å². The standard InChI is InChI=1S/C22H12Cl2N2O6/c23-15-5-2-6-16(18(15)24)26-20(28)14(19(27)25-22(26)31)10-13-7-8-17(32-13)11-3-1-4-12(9-11)21(29)30/h1-10H,(H,29,30)(H,25,27,31)/p-1/b14-10+. The van der Waals surface area contributed by atoms with E-state index in [2.05, 4.69) is 5.32 Å². The van der Waals surface area contributed by atoms with Gasteiger partial charge in [0.15, 0.2) is 0 Å². The fraction of sp³-hybridized carbons (Fsp3) is 0. The summed E-state index contributed by atoms with van der Waals surface area (Å²) in [5, 5.41) is 13.2. The zero-order valence-corrected chi connectivity index (χ0v) is 17.4. The molecule has 1 fully saturated rings. The summed E-state index contributed by atoms with van der Waals surface area (Å²) in [6, 6.07) is 12.4. The van der Waals surface area contributed by atoms with E-state index in [0.29, 0.717) is 16.2 Å². The molecule has 0 atom stereocenters. The van der Waals surface area contributed by atoms with Gasteiger partial charge in [-0.2, -0.15) is 0 Å². The first-order valence-corrected chi connectivity index (χ1v) is 9.79. The van der Waals surface area contributed by atoms with Gasteiger partial charge >= 0.3 is 6.03 Å². The maximum atomic E-state index is 13.0. The molecule has 2 aromatic carbocycles. The van der Waals surface area contributed by atoms with Crippen LogP contribution in [0, 0.1) is 0 Å². The number of anilines is 1. The number of nitrogens with one attached hydrogen (secondary N) is 1. The highest BCUT2D eigenvalue weighted by atomic mass is 35.5. The van der Waals surface area contributed by atoms with Crippen molar-refractivity contribution in [3.63, 3.8) is 0 Å². The van der Waals surface area contributed by atoms with E-state index in [1.165, 1.54) is 48.5 Å². The van der Waals surface area contributed by atoms with Gasteiger partial charge in [0.1, 0.15) is 17.1 Å². The summed E-state index contributed by atoms with van der Waals surface area (Å²) in [6.45, 7) is 0. The lowest BCUT2D eigenvalue weighted by Crippen LogP contribution is -2.54. The molecule has 8 nitrogen and oxygen atoms in total. The quantitative estimate of drug-likeness (QED) is 0.462. The second-order valence-corrected chi connectivity index (χ2v) is 7.39. The number of furan rings is 1. The summed E-state index contributed by atoms with van der Waals surface area (Å²) < 4.78 is 5.64. The molecule has 0 bridgehead atoms. The number of aromatic carboxylic acids is 1. The Morgan fingerprint density at radius 2 is 1.78 bits per heavy atom. The van der Waals surface area contributed by atoms with Gasteiger partial charge in [-0.25, -0.2) is 9.69 Å². The Morgan fingerprint density at radius 3 is 2.53 bits per heavy atom. The number of barbiturate groups is 1. The van der Waals surface area contributed by atoms with E-state index in [4.69, 9.17) is 27.6 Å². The topological polar surface area (TPSA) is 120 Å². The van der Waals surface area contributed by atoms with E-state index in [1.807, 2.05) is 0 Å². The van der Waals surface area contributed by atoms with E-state index >= 15 is 0 Å². The molecular formula is C22H11Cl2N2O6-. The van der Waals surface area contributed by atoms with Crippen LogP contribution in [0.2, 0.25) is 10.0 Å². The molecule has 1 N–H and O–H groups in total. The molecule has 1 aliphatic heterocycles. The molecule has 0 aliphatic carbocycles. The number of urea groups is 1. The lowest BCUT2D eigenvalue weighted by molar-refractivity contribution is -0.255. The van der Waals surface area contributed by atoms with Crippen LogP contribution in [0.25, 0.3) is 17.4 Å². The Balaban J connectivity index is 1.69. The zero-order chi connectivity index (χ0) is 23.0. The third kappa shape index (κ3) is 3.89. The van der Waals surface area contributed by atoms with Crippen LogP contribution < -0.4 is 15.3 Å². The first kappa shape index (κ1) is 21.4. The van der Waals surface area contributed by atoms with Gasteiger partial charge < -0.3 is 14.3 Å². The Labute approximate surface area is 190 Å². The molecule has 0 radical (unpaired) electrons. The maximum absolute atomic E-state index is 13.0. The number of hydrogen-bond acceptors (Lipinski definition) is 6. The minimum absolute atomic E-state index is 0.0132. The van der Waals surface area contributed by atoms with Crippen molar-refractivity contribution in [1.82, 2.24) is 5.32 Å². The van der Waals surface area contributed by atoms with Crippen LogP contribution in [-0.2, 0) is 9.59 Å². The molecule has 0 spiro atoms. The Bertz CT molecular complexity index is 1330. The summed E-state index contributed by atoms with van der Waals surface area (Å²) in [6.07, 6.45) is 1.17. The van der Waals surface area contributed by atoms with Crippen LogP contribution in [-0.4, -0.2) is 23.8 Å². The van der Waals surface area contributed by atoms with Gasteiger partial charge in [-0.1, -0.05) is 47.5 Å². The molecule has 4 rings (SSSR count). The monoisotopic (exact) mass is 469 g/mol. The highest BCUT2D eigenvalue weighted by molar-refractivity contribution is 6.46. The molecule has 0 unspecified atom stereocenters. The van der Waals surface area contributed by atoms with Crippen molar-refractivity contribution in [2.75, 3.05) is 4.90 Å². The van der Waals surface area contributed by atoms with Crippen LogP contribution in [0.4, 0.5) is 10.5 Å². The number of halogens is 2. The number of benzene rings is 2. The first-order chi connectivity index (χ1) is 15.3. The highest BCUT2D eigenvalue weighted by Gasteiger charge is 2.38. The lowest BCUT2D eigenvalue weighted by atomic mass is 10.1. The summed E-state index contributed by atoms with van der Waals surface area (Å²) >= 11 is 12.1. The first-order valence-electron chi connectivity index (χ1n) is 9.03. The molecule has 10 heteroatoms. The van der Waals surface area contributed by atoms with E-state index in [1.54, 1.807) is 12.1 Å². The van der Waals surface area contributed by atoms with Crippen molar-refractivity contribution >= 4 is 58.8 Å². The lowest BCUT2D eigenvalue weighted by Gasteiger charge is -2.27. The van der Waals surface area contributed by atoms with E-state index in [9.17, 15) is 24.3 Å². The highest BCUT2D eigenvalue weighted by Crippen LogP contribution is 2.34. The van der Waals surface area contributed by atoms with Crippen molar-refractivity contribution in [3.05, 3.63) is 81.5 Å². The van der Waals surface area contributed by atoms with Crippen molar-refractivity contribution in [2.24, 2.45) is 0 Å². The van der Waals surface area contributed by atoms with Gasteiger partial charge in [0.25, 0.3) is 11.8 Å². The molecule has 1 aromatic heterocycles. The van der Waals surface area contributed by atoms with Crippen LogP contribution in [0.15, 0.2) is 64.6 Å². The van der Waals surface area contributed by atoms with E-state index < -0.39 is 23.8 Å². The fourth-order valence-electron chi connectivity index (χ4n) is 3.07. The average molecular weight is 470 g/mol. The smallest absolute Gasteiger partial charge is 0.336 e. The third-order valence-electron chi connectivity index (χ3n) is 4.57. The second kappa shape index (κ2) is 8.33. The number of imide groups is 2. The second-order valence-electron chi connectivity index (χ2n) is 6.60. The molecule has 1 aliphatic rings. The number of carbonyl (C=O) groups is 4. The molecule has 0 saturated carbocycles. The number of hydrogen-bond donors (Lipinski definition) is 1. The van der Waals surface area contributed by atoms with Crippen molar-refractivity contribution < 1.29 is 28.7 Å².